The van der Waals surface area contributed by atoms with E-state index < -0.39 is 11.7 Å². The lowest BCUT2D eigenvalue weighted by atomic mass is 10.1. The average Bonchev–Trinajstić information content (AvgIpc) is 2.98. The second-order valence-electron chi connectivity index (χ2n) is 5.77. The van der Waals surface area contributed by atoms with Crippen LogP contribution in [0.5, 0.6) is 0 Å². The molecule has 0 aliphatic carbocycles. The summed E-state index contributed by atoms with van der Waals surface area (Å²) in [5, 5.41) is 4.55. The zero-order chi connectivity index (χ0) is 17.2. The highest BCUT2D eigenvalue weighted by Gasteiger charge is 2.30. The summed E-state index contributed by atoms with van der Waals surface area (Å²) in [6, 6.07) is 9.03. The zero-order valence-corrected chi connectivity index (χ0v) is 13.3. The number of nitrogens with zero attached hydrogens (tertiary/aromatic N) is 3. The number of hydrogen-bond acceptors (Lipinski definition) is 2. The number of imidazole rings is 1. The third-order valence-electron chi connectivity index (χ3n) is 3.94. The summed E-state index contributed by atoms with van der Waals surface area (Å²) in [5.74, 6) is 0. The van der Waals surface area contributed by atoms with Gasteiger partial charge in [0.15, 0.2) is 5.65 Å². The maximum Gasteiger partial charge on any atom is 0.416 e. The molecule has 0 saturated heterocycles. The first-order valence-electron chi connectivity index (χ1n) is 8.00. The summed E-state index contributed by atoms with van der Waals surface area (Å²) in [5.41, 5.74) is 1.89. The van der Waals surface area contributed by atoms with Gasteiger partial charge >= 0.3 is 6.18 Å². The summed E-state index contributed by atoms with van der Waals surface area (Å²) >= 11 is 0. The lowest BCUT2D eigenvalue weighted by molar-refractivity contribution is -0.137. The van der Waals surface area contributed by atoms with Crippen LogP contribution in [0.4, 0.5) is 13.2 Å². The molecular formula is C18H18F3N3. The van der Waals surface area contributed by atoms with Crippen LogP contribution in [-0.4, -0.2) is 14.6 Å². The number of aryl methyl sites for hydroxylation is 1. The molecule has 24 heavy (non-hydrogen) atoms. The van der Waals surface area contributed by atoms with Crippen LogP contribution in [0, 0.1) is 0 Å². The Morgan fingerprint density at radius 1 is 1.08 bits per heavy atom. The van der Waals surface area contributed by atoms with E-state index in [2.05, 4.69) is 17.0 Å². The van der Waals surface area contributed by atoms with E-state index in [1.165, 1.54) is 6.07 Å². The molecule has 3 aromatic rings. The predicted molar refractivity (Wildman–Crippen MR) is 86.7 cm³/mol. The first-order chi connectivity index (χ1) is 11.5. The molecular weight excluding hydrogens is 315 g/mol. The molecule has 0 aliphatic heterocycles. The number of halogens is 3. The van der Waals surface area contributed by atoms with E-state index in [1.807, 2.05) is 12.1 Å². The van der Waals surface area contributed by atoms with E-state index >= 15 is 0 Å². The minimum absolute atomic E-state index is 0.454. The van der Waals surface area contributed by atoms with Gasteiger partial charge in [0.1, 0.15) is 0 Å². The van der Waals surface area contributed by atoms with Gasteiger partial charge in [0.05, 0.1) is 23.1 Å². The lowest BCUT2D eigenvalue weighted by Gasteiger charge is -2.09. The fraction of sp³-hybridized carbons (Fsp3) is 0.333. The summed E-state index contributed by atoms with van der Waals surface area (Å²) in [6.45, 7) is 2.14. The van der Waals surface area contributed by atoms with Crippen molar-refractivity contribution < 1.29 is 13.2 Å². The molecule has 0 unspecified atom stereocenters. The van der Waals surface area contributed by atoms with Gasteiger partial charge < -0.3 is 0 Å². The second-order valence-corrected chi connectivity index (χ2v) is 5.77. The van der Waals surface area contributed by atoms with Gasteiger partial charge in [-0.2, -0.15) is 18.3 Å². The fourth-order valence-electron chi connectivity index (χ4n) is 2.65. The summed E-state index contributed by atoms with van der Waals surface area (Å²) in [7, 11) is 0. The van der Waals surface area contributed by atoms with Gasteiger partial charge in [-0.3, -0.25) is 0 Å². The summed E-state index contributed by atoms with van der Waals surface area (Å²) < 4.78 is 40.4. The Labute approximate surface area is 138 Å². The molecule has 0 radical (unpaired) electrons. The van der Waals surface area contributed by atoms with Crippen LogP contribution in [0.25, 0.3) is 16.9 Å². The topological polar surface area (TPSA) is 30.2 Å². The highest BCUT2D eigenvalue weighted by Crippen LogP contribution is 2.32. The van der Waals surface area contributed by atoms with Crippen LogP contribution < -0.4 is 0 Å². The molecule has 0 aliphatic rings. The van der Waals surface area contributed by atoms with E-state index in [1.54, 1.807) is 16.8 Å². The Balaban J connectivity index is 1.99. The van der Waals surface area contributed by atoms with Crippen molar-refractivity contribution >= 4 is 5.65 Å². The van der Waals surface area contributed by atoms with Crippen molar-refractivity contribution in [3.05, 3.63) is 53.9 Å². The van der Waals surface area contributed by atoms with Gasteiger partial charge in [-0.05, 0) is 37.1 Å². The first-order valence-corrected chi connectivity index (χ1v) is 8.00. The highest BCUT2D eigenvalue weighted by molar-refractivity contribution is 5.63. The van der Waals surface area contributed by atoms with Crippen LogP contribution in [0.1, 0.15) is 37.4 Å². The SMILES string of the molecule is CCCCCc1ccc2ncc(-c3cccc(C(F)(F)F)c3)n2n1. The van der Waals surface area contributed by atoms with Crippen molar-refractivity contribution in [1.82, 2.24) is 14.6 Å². The lowest BCUT2D eigenvalue weighted by Crippen LogP contribution is -2.05. The molecule has 0 amide bonds. The molecule has 126 valence electrons. The van der Waals surface area contributed by atoms with Crippen LogP contribution >= 0.6 is 0 Å². The fourth-order valence-corrected chi connectivity index (χ4v) is 2.65. The molecule has 0 saturated carbocycles. The van der Waals surface area contributed by atoms with Crippen LogP contribution in [0.3, 0.4) is 0 Å². The zero-order valence-electron chi connectivity index (χ0n) is 13.3. The Hall–Kier alpha value is -2.37. The maximum absolute atomic E-state index is 12.9. The molecule has 1 aromatic carbocycles. The normalized spacial score (nSPS) is 12.0. The van der Waals surface area contributed by atoms with Gasteiger partial charge in [0.2, 0.25) is 0 Å². The van der Waals surface area contributed by atoms with E-state index in [0.717, 1.165) is 43.5 Å². The molecule has 0 fully saturated rings. The predicted octanol–water partition coefficient (Wildman–Crippen LogP) is 5.15. The van der Waals surface area contributed by atoms with Crippen LogP contribution in [-0.2, 0) is 12.6 Å². The molecule has 0 bridgehead atoms. The number of rotatable bonds is 5. The molecule has 3 nitrogen and oxygen atoms in total. The van der Waals surface area contributed by atoms with Crippen LogP contribution in [0.15, 0.2) is 42.6 Å². The smallest absolute Gasteiger partial charge is 0.235 e. The van der Waals surface area contributed by atoms with E-state index in [9.17, 15) is 13.2 Å². The minimum atomic E-state index is -4.37. The van der Waals surface area contributed by atoms with Crippen molar-refractivity contribution in [2.45, 2.75) is 38.8 Å². The average molecular weight is 333 g/mol. The number of unbranched alkanes of at least 4 members (excludes halogenated alkanes) is 2. The van der Waals surface area contributed by atoms with Crippen LogP contribution in [0.2, 0.25) is 0 Å². The molecule has 0 atom stereocenters. The second kappa shape index (κ2) is 6.63. The first kappa shape index (κ1) is 16.5. The van der Waals surface area contributed by atoms with Gasteiger partial charge in [0.25, 0.3) is 0 Å². The number of hydrogen-bond donors (Lipinski definition) is 0. The molecule has 0 spiro atoms. The summed E-state index contributed by atoms with van der Waals surface area (Å²) in [6.07, 6.45) is 1.35. The Kier molecular flexibility index (Phi) is 4.55. The monoisotopic (exact) mass is 333 g/mol. The summed E-state index contributed by atoms with van der Waals surface area (Å²) in [4.78, 5) is 4.24. The Morgan fingerprint density at radius 2 is 1.92 bits per heavy atom. The van der Waals surface area contributed by atoms with Crippen molar-refractivity contribution in [1.29, 1.82) is 0 Å². The molecule has 6 heteroatoms. The quantitative estimate of drug-likeness (QED) is 0.605. The number of alkyl halides is 3. The Bertz CT molecular complexity index is 837. The third kappa shape index (κ3) is 3.42. The van der Waals surface area contributed by atoms with Gasteiger partial charge in [-0.1, -0.05) is 31.9 Å². The van der Waals surface area contributed by atoms with Gasteiger partial charge in [0, 0.05) is 5.56 Å². The molecule has 0 N–H and O–H groups in total. The number of aromatic nitrogens is 3. The van der Waals surface area contributed by atoms with Gasteiger partial charge in [-0.25, -0.2) is 9.50 Å². The minimum Gasteiger partial charge on any atom is -0.235 e. The number of fused-ring (bicyclic) bond motifs is 1. The van der Waals surface area contributed by atoms with E-state index in [4.69, 9.17) is 0 Å². The number of benzene rings is 1. The maximum atomic E-state index is 12.9. The van der Waals surface area contributed by atoms with E-state index in [0.29, 0.717) is 16.9 Å². The molecule has 3 rings (SSSR count). The van der Waals surface area contributed by atoms with Crippen molar-refractivity contribution in [3.63, 3.8) is 0 Å². The highest BCUT2D eigenvalue weighted by atomic mass is 19.4. The molecule has 2 aromatic heterocycles. The van der Waals surface area contributed by atoms with E-state index in [-0.39, 0.29) is 0 Å². The largest absolute Gasteiger partial charge is 0.416 e. The third-order valence-corrected chi connectivity index (χ3v) is 3.94. The standard InChI is InChI=1S/C18H18F3N3/c1-2-3-4-8-15-9-10-17-22-12-16(24(17)23-15)13-6-5-7-14(11-13)18(19,20)21/h5-7,9-12H,2-4,8H2,1H3. The Morgan fingerprint density at radius 3 is 2.67 bits per heavy atom. The van der Waals surface area contributed by atoms with Crippen molar-refractivity contribution in [2.75, 3.05) is 0 Å². The van der Waals surface area contributed by atoms with Crippen molar-refractivity contribution in [3.8, 4) is 11.3 Å². The van der Waals surface area contributed by atoms with Gasteiger partial charge in [-0.15, -0.1) is 0 Å². The molecule has 2 heterocycles. The van der Waals surface area contributed by atoms with Crippen molar-refractivity contribution in [2.24, 2.45) is 0 Å².